The summed E-state index contributed by atoms with van der Waals surface area (Å²) in [5.74, 6) is 0. The van der Waals surface area contributed by atoms with E-state index in [2.05, 4.69) is 32.2 Å². The maximum absolute atomic E-state index is 12.5. The molecule has 0 spiro atoms. The molecule has 0 aliphatic rings. The van der Waals surface area contributed by atoms with E-state index in [-0.39, 0.29) is 11.6 Å². The first-order valence-electron chi connectivity index (χ1n) is 10.5. The van der Waals surface area contributed by atoms with Gasteiger partial charge in [-0.25, -0.2) is 4.79 Å². The summed E-state index contributed by atoms with van der Waals surface area (Å²) in [5, 5.41) is 22.5. The molecule has 1 rings (SSSR count). The molecular weight excluding hydrogens is 412 g/mol. The van der Waals surface area contributed by atoms with Gasteiger partial charge in [0.1, 0.15) is 11.7 Å². The Hall–Kier alpha value is -1.92. The van der Waals surface area contributed by atoms with Gasteiger partial charge in [0, 0.05) is 0 Å². The average Bonchev–Trinajstić information content (AvgIpc) is 2.64. The molecule has 174 valence electrons. The summed E-state index contributed by atoms with van der Waals surface area (Å²) in [5.41, 5.74) is 0.201. The third-order valence-corrected chi connectivity index (χ3v) is 9.71. The number of rotatable bonds is 9. The number of alkyl carbamates (subject to hydrolysis) is 1. The molecule has 0 radical (unpaired) electrons. The van der Waals surface area contributed by atoms with E-state index in [0.717, 1.165) is 5.56 Å². The third kappa shape index (κ3) is 8.99. The maximum Gasteiger partial charge on any atom is 0.408 e. The molecule has 0 fully saturated rings. The Morgan fingerprint density at radius 1 is 1.16 bits per heavy atom. The lowest BCUT2D eigenvalue weighted by atomic mass is 10.1. The minimum Gasteiger partial charge on any atom is -0.444 e. The van der Waals surface area contributed by atoms with E-state index in [9.17, 15) is 15.2 Å². The van der Waals surface area contributed by atoms with Gasteiger partial charge in [-0.3, -0.25) is 0 Å². The van der Waals surface area contributed by atoms with Crippen molar-refractivity contribution in [1.29, 1.82) is 5.26 Å². The van der Waals surface area contributed by atoms with Crippen LogP contribution in [0.15, 0.2) is 30.3 Å². The van der Waals surface area contributed by atoms with Crippen LogP contribution < -0.4 is 5.32 Å². The van der Waals surface area contributed by atoms with Gasteiger partial charge in [-0.05, 0) is 44.5 Å². The fourth-order valence-electron chi connectivity index (χ4n) is 2.53. The summed E-state index contributed by atoms with van der Waals surface area (Å²) in [7, 11) is -2.35. The molecule has 0 unspecified atom stereocenters. The lowest BCUT2D eigenvalue weighted by Crippen LogP contribution is -2.57. The number of benzene rings is 1. The Morgan fingerprint density at radius 2 is 1.74 bits per heavy atom. The molecule has 0 saturated heterocycles. The number of aliphatic hydroxyl groups is 1. The zero-order chi connectivity index (χ0) is 23.9. The van der Waals surface area contributed by atoms with Crippen molar-refractivity contribution >= 4 is 14.4 Å². The van der Waals surface area contributed by atoms with E-state index in [0.29, 0.717) is 0 Å². The van der Waals surface area contributed by atoms with Gasteiger partial charge in [0.2, 0.25) is 0 Å². The Kier molecular flexibility index (Phi) is 9.70. The summed E-state index contributed by atoms with van der Waals surface area (Å²) in [6.45, 7) is 15.4. The number of nitrogens with zero attached hydrogens (tertiary/aromatic N) is 1. The third-order valence-electron chi connectivity index (χ3n) is 5.25. The fraction of sp³-hybridized carbons (Fsp3) is 0.652. The summed E-state index contributed by atoms with van der Waals surface area (Å²) < 4.78 is 17.6. The van der Waals surface area contributed by atoms with Crippen molar-refractivity contribution in [2.45, 2.75) is 90.1 Å². The molecule has 2 N–H and O–H groups in total. The zero-order valence-electron chi connectivity index (χ0n) is 20.1. The Bertz CT molecular complexity index is 735. The number of carbonyl (C=O) groups is 1. The minimum absolute atomic E-state index is 0.141. The zero-order valence-corrected chi connectivity index (χ0v) is 21.1. The van der Waals surface area contributed by atoms with Crippen molar-refractivity contribution in [2.24, 2.45) is 0 Å². The van der Waals surface area contributed by atoms with Crippen molar-refractivity contribution in [3.8, 4) is 6.07 Å². The Labute approximate surface area is 187 Å². The van der Waals surface area contributed by atoms with Crippen LogP contribution in [0.5, 0.6) is 0 Å². The average molecular weight is 451 g/mol. The van der Waals surface area contributed by atoms with E-state index in [1.807, 2.05) is 43.4 Å². The van der Waals surface area contributed by atoms with Gasteiger partial charge in [-0.2, -0.15) is 5.26 Å². The standard InChI is InChI=1S/C23H38N2O5Si/c1-22(2,3)29-21(27)25-20(18(14-24)30-31(7,8)23(4,5)6)19(15-26)28-16-17-12-10-9-11-13-17/h9-13,18-20,26H,15-16H2,1-8H3,(H,25,27)/t18-,19+,20+/m1/s1. The summed E-state index contributed by atoms with van der Waals surface area (Å²) >= 11 is 0. The molecule has 0 aromatic heterocycles. The van der Waals surface area contributed by atoms with Crippen LogP contribution in [0.1, 0.15) is 47.1 Å². The molecule has 0 aliphatic carbocycles. The molecule has 0 aliphatic heterocycles. The smallest absolute Gasteiger partial charge is 0.408 e. The summed E-state index contributed by atoms with van der Waals surface area (Å²) in [6, 6.07) is 10.7. The molecule has 1 aromatic rings. The normalized spacial score (nSPS) is 15.5. The van der Waals surface area contributed by atoms with Crippen molar-refractivity contribution in [3.05, 3.63) is 35.9 Å². The van der Waals surface area contributed by atoms with Gasteiger partial charge in [-0.1, -0.05) is 51.1 Å². The van der Waals surface area contributed by atoms with Crippen LogP contribution in [0, 0.1) is 11.3 Å². The highest BCUT2D eigenvalue weighted by Gasteiger charge is 2.43. The van der Waals surface area contributed by atoms with E-state index >= 15 is 0 Å². The first-order valence-corrected chi connectivity index (χ1v) is 13.4. The molecule has 0 bridgehead atoms. The highest BCUT2D eigenvalue weighted by atomic mass is 28.4. The van der Waals surface area contributed by atoms with Crippen LogP contribution in [0.4, 0.5) is 4.79 Å². The molecule has 1 amide bonds. The largest absolute Gasteiger partial charge is 0.444 e. The van der Waals surface area contributed by atoms with Crippen molar-refractivity contribution in [2.75, 3.05) is 6.61 Å². The highest BCUT2D eigenvalue weighted by molar-refractivity contribution is 6.74. The lowest BCUT2D eigenvalue weighted by molar-refractivity contribution is -0.0415. The number of amides is 1. The molecule has 31 heavy (non-hydrogen) atoms. The van der Waals surface area contributed by atoms with Gasteiger partial charge >= 0.3 is 6.09 Å². The quantitative estimate of drug-likeness (QED) is 0.542. The summed E-state index contributed by atoms with van der Waals surface area (Å²) in [4.78, 5) is 12.5. The fourth-order valence-corrected chi connectivity index (χ4v) is 3.72. The Balaban J connectivity index is 3.14. The number of hydrogen-bond acceptors (Lipinski definition) is 6. The predicted octanol–water partition coefficient (Wildman–Crippen LogP) is 4.37. The van der Waals surface area contributed by atoms with Gasteiger partial charge in [0.05, 0.1) is 25.3 Å². The first kappa shape index (κ1) is 27.1. The molecule has 0 heterocycles. The van der Waals surface area contributed by atoms with Gasteiger partial charge in [0.25, 0.3) is 0 Å². The van der Waals surface area contributed by atoms with Crippen LogP contribution in [-0.4, -0.2) is 50.0 Å². The van der Waals surface area contributed by atoms with Gasteiger partial charge in [0.15, 0.2) is 14.4 Å². The van der Waals surface area contributed by atoms with E-state index in [1.165, 1.54) is 0 Å². The predicted molar refractivity (Wildman–Crippen MR) is 123 cm³/mol. The van der Waals surface area contributed by atoms with E-state index in [1.54, 1.807) is 20.8 Å². The molecule has 8 heteroatoms. The van der Waals surface area contributed by atoms with E-state index < -0.39 is 44.9 Å². The SMILES string of the molecule is CC(C)(C)OC(=O)N[C@H]([C@H](CO)OCc1ccccc1)[C@@H](C#N)O[Si](C)(C)C(C)(C)C. The molecular formula is C23H38N2O5Si. The van der Waals surface area contributed by atoms with E-state index in [4.69, 9.17) is 13.9 Å². The second kappa shape index (κ2) is 11.1. The Morgan fingerprint density at radius 3 is 2.19 bits per heavy atom. The van der Waals surface area contributed by atoms with Crippen LogP contribution in [0.25, 0.3) is 0 Å². The molecule has 1 aromatic carbocycles. The van der Waals surface area contributed by atoms with Crippen molar-refractivity contribution < 1.29 is 23.8 Å². The number of aliphatic hydroxyl groups excluding tert-OH is 1. The van der Waals surface area contributed by atoms with Gasteiger partial charge in [-0.15, -0.1) is 0 Å². The second-order valence-electron chi connectivity index (χ2n) is 10.1. The first-order chi connectivity index (χ1) is 14.2. The van der Waals surface area contributed by atoms with Crippen LogP contribution in [-0.2, 0) is 20.5 Å². The molecule has 7 nitrogen and oxygen atoms in total. The number of nitriles is 1. The maximum atomic E-state index is 12.5. The topological polar surface area (TPSA) is 101 Å². The van der Waals surface area contributed by atoms with Crippen LogP contribution >= 0.6 is 0 Å². The minimum atomic E-state index is -2.35. The summed E-state index contributed by atoms with van der Waals surface area (Å²) in [6.07, 6.45) is -2.57. The molecule has 0 saturated carbocycles. The molecule has 3 atom stereocenters. The number of carbonyl (C=O) groups excluding carboxylic acids is 1. The number of hydrogen-bond donors (Lipinski definition) is 2. The highest BCUT2D eigenvalue weighted by Crippen LogP contribution is 2.37. The number of ether oxygens (including phenoxy) is 2. The van der Waals surface area contributed by atoms with Crippen molar-refractivity contribution in [1.82, 2.24) is 5.32 Å². The number of nitrogens with one attached hydrogen (secondary N) is 1. The van der Waals surface area contributed by atoms with Crippen molar-refractivity contribution in [3.63, 3.8) is 0 Å². The van der Waals surface area contributed by atoms with Gasteiger partial charge < -0.3 is 24.3 Å². The second-order valence-corrected chi connectivity index (χ2v) is 14.9. The van der Waals surface area contributed by atoms with Crippen LogP contribution in [0.2, 0.25) is 18.1 Å². The van der Waals surface area contributed by atoms with Crippen LogP contribution in [0.3, 0.4) is 0 Å². The monoisotopic (exact) mass is 450 g/mol. The lowest BCUT2D eigenvalue weighted by Gasteiger charge is -2.40.